The minimum Gasteiger partial charge on any atom is -0.493 e. The number of pyridine rings is 1. The third-order valence-electron chi connectivity index (χ3n) is 6.64. The number of anilines is 1. The van der Waals surface area contributed by atoms with Gasteiger partial charge in [0, 0.05) is 24.6 Å². The normalized spacial score (nSPS) is 14.1. The number of carbonyl (C=O) groups excluding carboxylic acids is 2. The number of nitrogens with zero attached hydrogens (tertiary/aromatic N) is 2. The minimum atomic E-state index is -1.00. The van der Waals surface area contributed by atoms with E-state index in [1.807, 2.05) is 19.1 Å². The van der Waals surface area contributed by atoms with Gasteiger partial charge in [-0.1, -0.05) is 54.4 Å². The molecular formula is C29H29Cl2N3O6. The van der Waals surface area contributed by atoms with E-state index in [1.165, 1.54) is 12.0 Å². The van der Waals surface area contributed by atoms with Crippen LogP contribution >= 0.6 is 23.2 Å². The second-order valence-corrected chi connectivity index (χ2v) is 10.3. The summed E-state index contributed by atoms with van der Waals surface area (Å²) in [6, 6.07) is 14.7. The zero-order valence-corrected chi connectivity index (χ0v) is 23.5. The van der Waals surface area contributed by atoms with E-state index >= 15 is 0 Å². The largest absolute Gasteiger partial charge is 0.493 e. The number of aryl methyl sites for hydroxylation is 1. The molecule has 2 unspecified atom stereocenters. The minimum absolute atomic E-state index is 0.0849. The first kappa shape index (κ1) is 29.2. The van der Waals surface area contributed by atoms with E-state index in [2.05, 4.69) is 10.3 Å². The number of ether oxygens (including phenoxy) is 2. The standard InChI is InChI=1S/C29H29Cl2N3O6/c1-17(23-13-10-19-5-4-14-34(29(37)38)26(19)32-23)16-40-20-11-8-18(9-12-20)15-24(28(36)39-2)33-27(35)25-21(30)6-3-7-22(25)31/h3,6-13,17,24H,4-5,14-16H2,1-2H3,(H,33,35)(H,37,38). The highest BCUT2D eigenvalue weighted by Gasteiger charge is 2.26. The molecule has 2 aromatic carbocycles. The van der Waals surface area contributed by atoms with Crippen molar-refractivity contribution in [1.82, 2.24) is 10.3 Å². The molecule has 11 heteroatoms. The highest BCUT2D eigenvalue weighted by Crippen LogP contribution is 2.28. The fraction of sp³-hybridized carbons (Fsp3) is 0.310. The SMILES string of the molecule is COC(=O)C(Cc1ccc(OCC(C)c2ccc3c(n2)N(C(=O)O)CCC3)cc1)NC(=O)c1c(Cl)cccc1Cl. The van der Waals surface area contributed by atoms with Gasteiger partial charge in [0.1, 0.15) is 17.6 Å². The van der Waals surface area contributed by atoms with Gasteiger partial charge in [-0.25, -0.2) is 14.6 Å². The first-order chi connectivity index (χ1) is 19.2. The van der Waals surface area contributed by atoms with Gasteiger partial charge >= 0.3 is 12.1 Å². The van der Waals surface area contributed by atoms with Crippen LogP contribution in [-0.4, -0.2) is 54.4 Å². The molecule has 0 saturated heterocycles. The quantitative estimate of drug-likeness (QED) is 0.317. The Labute approximate surface area is 242 Å². The third kappa shape index (κ3) is 6.84. The number of rotatable bonds is 9. The Morgan fingerprint density at radius 1 is 1.07 bits per heavy atom. The van der Waals surface area contributed by atoms with Crippen LogP contribution < -0.4 is 15.0 Å². The monoisotopic (exact) mass is 585 g/mol. The lowest BCUT2D eigenvalue weighted by molar-refractivity contribution is -0.142. The maximum atomic E-state index is 12.8. The van der Waals surface area contributed by atoms with Crippen LogP contribution in [0.1, 0.15) is 46.4 Å². The molecule has 2 amide bonds. The van der Waals surface area contributed by atoms with Crippen LogP contribution in [0.4, 0.5) is 10.6 Å². The zero-order valence-electron chi connectivity index (χ0n) is 22.0. The summed E-state index contributed by atoms with van der Waals surface area (Å²) >= 11 is 12.3. The number of methoxy groups -OCH3 is 1. The van der Waals surface area contributed by atoms with Crippen molar-refractivity contribution in [2.24, 2.45) is 0 Å². The van der Waals surface area contributed by atoms with Crippen LogP contribution in [0.5, 0.6) is 5.75 Å². The number of hydrogen-bond donors (Lipinski definition) is 2. The number of esters is 1. The molecule has 0 radical (unpaired) electrons. The average Bonchev–Trinajstić information content (AvgIpc) is 2.95. The second kappa shape index (κ2) is 13.0. The Balaban J connectivity index is 1.38. The van der Waals surface area contributed by atoms with Crippen LogP contribution in [0.3, 0.4) is 0 Å². The van der Waals surface area contributed by atoms with Crippen molar-refractivity contribution in [3.63, 3.8) is 0 Å². The predicted molar refractivity (Wildman–Crippen MR) is 152 cm³/mol. The first-order valence-electron chi connectivity index (χ1n) is 12.7. The van der Waals surface area contributed by atoms with E-state index in [0.717, 1.165) is 29.7 Å². The maximum Gasteiger partial charge on any atom is 0.413 e. The van der Waals surface area contributed by atoms with Crippen molar-refractivity contribution in [3.8, 4) is 5.75 Å². The van der Waals surface area contributed by atoms with Gasteiger partial charge in [0.15, 0.2) is 0 Å². The molecule has 0 bridgehead atoms. The van der Waals surface area contributed by atoms with Gasteiger partial charge in [-0.05, 0) is 54.3 Å². The predicted octanol–water partition coefficient (Wildman–Crippen LogP) is 5.52. The molecule has 4 rings (SSSR count). The van der Waals surface area contributed by atoms with Crippen molar-refractivity contribution in [1.29, 1.82) is 0 Å². The highest BCUT2D eigenvalue weighted by molar-refractivity contribution is 6.39. The molecule has 3 aromatic rings. The summed E-state index contributed by atoms with van der Waals surface area (Å²) in [5, 5.41) is 12.5. The summed E-state index contributed by atoms with van der Waals surface area (Å²) < 4.78 is 10.8. The zero-order chi connectivity index (χ0) is 28.8. The summed E-state index contributed by atoms with van der Waals surface area (Å²) in [6.45, 7) is 2.73. The number of benzene rings is 2. The summed E-state index contributed by atoms with van der Waals surface area (Å²) in [4.78, 5) is 42.7. The summed E-state index contributed by atoms with van der Waals surface area (Å²) in [5.74, 6) is -0.163. The van der Waals surface area contributed by atoms with Crippen molar-refractivity contribution in [2.75, 3.05) is 25.2 Å². The number of aromatic nitrogens is 1. The van der Waals surface area contributed by atoms with Crippen LogP contribution in [0.25, 0.3) is 0 Å². The second-order valence-electron chi connectivity index (χ2n) is 9.46. The number of halogens is 2. The van der Waals surface area contributed by atoms with E-state index in [4.69, 9.17) is 32.7 Å². The number of amides is 2. The highest BCUT2D eigenvalue weighted by atomic mass is 35.5. The molecule has 0 aliphatic carbocycles. The summed E-state index contributed by atoms with van der Waals surface area (Å²) in [7, 11) is 1.25. The Kier molecular flexibility index (Phi) is 9.50. The van der Waals surface area contributed by atoms with Gasteiger partial charge in [-0.15, -0.1) is 0 Å². The molecule has 40 heavy (non-hydrogen) atoms. The Morgan fingerprint density at radius 2 is 1.77 bits per heavy atom. The molecular weight excluding hydrogens is 557 g/mol. The van der Waals surface area contributed by atoms with Crippen molar-refractivity contribution < 1.29 is 29.0 Å². The van der Waals surface area contributed by atoms with Gasteiger partial charge in [-0.2, -0.15) is 0 Å². The van der Waals surface area contributed by atoms with E-state index in [1.54, 1.807) is 42.5 Å². The Bertz CT molecular complexity index is 1380. The Morgan fingerprint density at radius 3 is 2.42 bits per heavy atom. The summed E-state index contributed by atoms with van der Waals surface area (Å²) in [6.07, 6.45) is 0.752. The van der Waals surface area contributed by atoms with Crippen molar-refractivity contribution in [3.05, 3.63) is 87.0 Å². The van der Waals surface area contributed by atoms with Crippen molar-refractivity contribution >= 4 is 47.0 Å². The van der Waals surface area contributed by atoms with Crippen LogP contribution in [0, 0.1) is 0 Å². The van der Waals surface area contributed by atoms with E-state index in [9.17, 15) is 19.5 Å². The van der Waals surface area contributed by atoms with E-state index in [0.29, 0.717) is 24.7 Å². The molecule has 2 atom stereocenters. The first-order valence-corrected chi connectivity index (χ1v) is 13.5. The molecule has 2 heterocycles. The molecule has 0 spiro atoms. The molecule has 210 valence electrons. The van der Waals surface area contributed by atoms with Gasteiger partial charge in [0.2, 0.25) is 0 Å². The third-order valence-corrected chi connectivity index (χ3v) is 7.27. The fourth-order valence-electron chi connectivity index (χ4n) is 4.46. The van der Waals surface area contributed by atoms with Gasteiger partial charge < -0.3 is 19.9 Å². The lowest BCUT2D eigenvalue weighted by atomic mass is 10.0. The van der Waals surface area contributed by atoms with Crippen molar-refractivity contribution in [2.45, 2.75) is 38.1 Å². The lowest BCUT2D eigenvalue weighted by Crippen LogP contribution is -2.43. The number of hydrogen-bond acceptors (Lipinski definition) is 6. The smallest absolute Gasteiger partial charge is 0.413 e. The molecule has 9 nitrogen and oxygen atoms in total. The van der Waals surface area contributed by atoms with Crippen LogP contribution in [-0.2, 0) is 22.4 Å². The van der Waals surface area contributed by atoms with Gasteiger partial charge in [0.05, 0.1) is 29.3 Å². The molecule has 0 fully saturated rings. The lowest BCUT2D eigenvalue weighted by Gasteiger charge is -2.26. The maximum absolute atomic E-state index is 12.8. The fourth-order valence-corrected chi connectivity index (χ4v) is 5.03. The van der Waals surface area contributed by atoms with Gasteiger partial charge in [-0.3, -0.25) is 9.69 Å². The topological polar surface area (TPSA) is 118 Å². The van der Waals surface area contributed by atoms with Crippen LogP contribution in [0.15, 0.2) is 54.6 Å². The van der Waals surface area contributed by atoms with E-state index in [-0.39, 0.29) is 27.9 Å². The van der Waals surface area contributed by atoms with E-state index < -0.39 is 24.0 Å². The molecule has 1 aromatic heterocycles. The number of carbonyl (C=O) groups is 3. The molecule has 1 aliphatic heterocycles. The Hall–Kier alpha value is -3.82. The molecule has 0 saturated carbocycles. The number of nitrogens with one attached hydrogen (secondary N) is 1. The number of carboxylic acid groups (broad SMARTS) is 1. The van der Waals surface area contributed by atoms with Crippen LogP contribution in [0.2, 0.25) is 10.0 Å². The molecule has 2 N–H and O–H groups in total. The summed E-state index contributed by atoms with van der Waals surface area (Å²) in [5.41, 5.74) is 2.53. The number of fused-ring (bicyclic) bond motifs is 1. The average molecular weight is 586 g/mol. The molecule has 1 aliphatic rings. The van der Waals surface area contributed by atoms with Gasteiger partial charge in [0.25, 0.3) is 5.91 Å².